The molecule has 0 unspecified atom stereocenters. The third kappa shape index (κ3) is 3.01. The summed E-state index contributed by atoms with van der Waals surface area (Å²) in [5.41, 5.74) is 1.31. The number of aliphatic hydroxyl groups is 1. The van der Waals surface area contributed by atoms with E-state index in [-0.39, 0.29) is 0 Å². The number of hydrogen-bond donors (Lipinski definition) is 1. The van der Waals surface area contributed by atoms with Crippen molar-refractivity contribution in [2.45, 2.75) is 19.4 Å². The van der Waals surface area contributed by atoms with Crippen LogP contribution in [0.25, 0.3) is 0 Å². The highest BCUT2D eigenvalue weighted by Gasteiger charge is 2.18. The number of nitrogens with zero attached hydrogens (tertiary/aromatic N) is 2. The molecule has 1 N–H and O–H groups in total. The van der Waals surface area contributed by atoms with Crippen LogP contribution >= 0.6 is 0 Å². The van der Waals surface area contributed by atoms with Crippen molar-refractivity contribution in [3.63, 3.8) is 0 Å². The zero-order valence-corrected chi connectivity index (χ0v) is 8.97. The quantitative estimate of drug-likeness (QED) is 0.809. The largest absolute Gasteiger partial charge is 0.396 e. The SMILES string of the molecule is OC[C@H]1CCCN(Cc2ccncc2)C1. The van der Waals surface area contributed by atoms with Crippen molar-refractivity contribution in [3.8, 4) is 0 Å². The second-order valence-corrected chi connectivity index (χ2v) is 4.28. The van der Waals surface area contributed by atoms with Crippen molar-refractivity contribution in [2.75, 3.05) is 19.7 Å². The Labute approximate surface area is 90.8 Å². The van der Waals surface area contributed by atoms with E-state index < -0.39 is 0 Å². The summed E-state index contributed by atoms with van der Waals surface area (Å²) in [4.78, 5) is 6.43. The Morgan fingerprint density at radius 1 is 1.40 bits per heavy atom. The molecular formula is C12H18N2O. The number of aliphatic hydroxyl groups excluding tert-OH is 1. The van der Waals surface area contributed by atoms with Crippen LogP contribution in [0.5, 0.6) is 0 Å². The summed E-state index contributed by atoms with van der Waals surface area (Å²) in [6.45, 7) is 3.49. The summed E-state index contributed by atoms with van der Waals surface area (Å²) in [6.07, 6.45) is 6.05. The van der Waals surface area contributed by atoms with Crippen molar-refractivity contribution in [2.24, 2.45) is 5.92 Å². The molecule has 2 rings (SSSR count). The van der Waals surface area contributed by atoms with Crippen LogP contribution in [-0.4, -0.2) is 34.7 Å². The fourth-order valence-corrected chi connectivity index (χ4v) is 2.19. The van der Waals surface area contributed by atoms with E-state index in [0.29, 0.717) is 12.5 Å². The highest BCUT2D eigenvalue weighted by atomic mass is 16.3. The molecule has 1 fully saturated rings. The molecule has 1 aliphatic rings. The third-order valence-electron chi connectivity index (χ3n) is 3.02. The number of hydrogen-bond acceptors (Lipinski definition) is 3. The van der Waals surface area contributed by atoms with Gasteiger partial charge in [-0.3, -0.25) is 9.88 Å². The second-order valence-electron chi connectivity index (χ2n) is 4.28. The zero-order chi connectivity index (χ0) is 10.5. The van der Waals surface area contributed by atoms with Crippen molar-refractivity contribution >= 4 is 0 Å². The molecule has 3 nitrogen and oxygen atoms in total. The van der Waals surface area contributed by atoms with Crippen LogP contribution in [0.3, 0.4) is 0 Å². The molecule has 1 aliphatic heterocycles. The van der Waals surface area contributed by atoms with Gasteiger partial charge in [0.05, 0.1) is 0 Å². The van der Waals surface area contributed by atoms with Crippen LogP contribution < -0.4 is 0 Å². The zero-order valence-electron chi connectivity index (χ0n) is 8.97. The summed E-state index contributed by atoms with van der Waals surface area (Å²) in [5.74, 6) is 0.473. The molecule has 2 heterocycles. The van der Waals surface area contributed by atoms with Crippen LogP contribution in [0.4, 0.5) is 0 Å². The molecule has 0 aliphatic carbocycles. The Morgan fingerprint density at radius 2 is 2.20 bits per heavy atom. The van der Waals surface area contributed by atoms with Crippen molar-refractivity contribution in [3.05, 3.63) is 30.1 Å². The number of rotatable bonds is 3. The number of aromatic nitrogens is 1. The van der Waals surface area contributed by atoms with E-state index in [0.717, 1.165) is 19.6 Å². The normalized spacial score (nSPS) is 22.9. The highest BCUT2D eigenvalue weighted by molar-refractivity contribution is 5.09. The predicted octanol–water partition coefficient (Wildman–Crippen LogP) is 1.29. The molecule has 0 aromatic carbocycles. The molecular weight excluding hydrogens is 188 g/mol. The average molecular weight is 206 g/mol. The van der Waals surface area contributed by atoms with Crippen molar-refractivity contribution in [1.82, 2.24) is 9.88 Å². The first-order valence-electron chi connectivity index (χ1n) is 5.60. The predicted molar refractivity (Wildman–Crippen MR) is 59.3 cm³/mol. The van der Waals surface area contributed by atoms with Gasteiger partial charge in [0.15, 0.2) is 0 Å². The molecule has 1 atom stereocenters. The number of piperidine rings is 1. The summed E-state index contributed by atoms with van der Waals surface area (Å²) in [6, 6.07) is 4.12. The van der Waals surface area contributed by atoms with E-state index in [9.17, 15) is 0 Å². The van der Waals surface area contributed by atoms with Gasteiger partial charge in [0.1, 0.15) is 0 Å². The van der Waals surface area contributed by atoms with Gasteiger partial charge in [-0.2, -0.15) is 0 Å². The second kappa shape index (κ2) is 5.24. The van der Waals surface area contributed by atoms with Crippen LogP contribution in [0.1, 0.15) is 18.4 Å². The Morgan fingerprint density at radius 3 is 2.93 bits per heavy atom. The van der Waals surface area contributed by atoms with Crippen LogP contribution in [0, 0.1) is 5.92 Å². The fourth-order valence-electron chi connectivity index (χ4n) is 2.19. The Kier molecular flexibility index (Phi) is 3.69. The van der Waals surface area contributed by atoms with E-state index >= 15 is 0 Å². The van der Waals surface area contributed by atoms with Gasteiger partial charge in [-0.25, -0.2) is 0 Å². The van der Waals surface area contributed by atoms with E-state index in [4.69, 9.17) is 5.11 Å². The van der Waals surface area contributed by atoms with Gasteiger partial charge in [0.2, 0.25) is 0 Å². The van der Waals surface area contributed by atoms with Gasteiger partial charge in [-0.15, -0.1) is 0 Å². The van der Waals surface area contributed by atoms with Crippen LogP contribution in [0.2, 0.25) is 0 Å². The smallest absolute Gasteiger partial charge is 0.0471 e. The standard InChI is InChI=1S/C12H18N2O/c15-10-12-2-1-7-14(9-12)8-11-3-5-13-6-4-11/h3-6,12,15H,1-2,7-10H2/t12-/m0/s1. The Hall–Kier alpha value is -0.930. The third-order valence-corrected chi connectivity index (χ3v) is 3.02. The summed E-state index contributed by atoms with van der Waals surface area (Å²) in [5, 5.41) is 9.14. The Balaban J connectivity index is 1.89. The molecule has 1 saturated heterocycles. The maximum atomic E-state index is 9.14. The lowest BCUT2D eigenvalue weighted by molar-refractivity contribution is 0.116. The van der Waals surface area contributed by atoms with E-state index in [1.165, 1.54) is 18.4 Å². The lowest BCUT2D eigenvalue weighted by atomic mass is 9.99. The molecule has 15 heavy (non-hydrogen) atoms. The van der Waals surface area contributed by atoms with Crippen molar-refractivity contribution in [1.29, 1.82) is 0 Å². The minimum absolute atomic E-state index is 0.326. The molecule has 0 saturated carbocycles. The molecule has 0 radical (unpaired) electrons. The van der Waals surface area contributed by atoms with Crippen LogP contribution in [-0.2, 0) is 6.54 Å². The van der Waals surface area contributed by atoms with Crippen LogP contribution in [0.15, 0.2) is 24.5 Å². The first kappa shape index (κ1) is 10.6. The van der Waals surface area contributed by atoms with Gasteiger partial charge in [-0.1, -0.05) is 0 Å². The molecule has 0 bridgehead atoms. The summed E-state index contributed by atoms with van der Waals surface area (Å²) < 4.78 is 0. The lowest BCUT2D eigenvalue weighted by Crippen LogP contribution is -2.36. The average Bonchev–Trinajstić information content (AvgIpc) is 2.31. The molecule has 1 aromatic rings. The maximum Gasteiger partial charge on any atom is 0.0471 e. The molecule has 0 amide bonds. The monoisotopic (exact) mass is 206 g/mol. The minimum atomic E-state index is 0.326. The van der Waals surface area contributed by atoms with Gasteiger partial charge in [-0.05, 0) is 43.0 Å². The van der Waals surface area contributed by atoms with E-state index in [1.807, 2.05) is 12.4 Å². The van der Waals surface area contributed by atoms with Gasteiger partial charge < -0.3 is 5.11 Å². The summed E-state index contributed by atoms with van der Waals surface area (Å²) in [7, 11) is 0. The topological polar surface area (TPSA) is 36.4 Å². The highest BCUT2D eigenvalue weighted by Crippen LogP contribution is 2.17. The lowest BCUT2D eigenvalue weighted by Gasteiger charge is -2.31. The first-order chi connectivity index (χ1) is 7.38. The van der Waals surface area contributed by atoms with Crippen molar-refractivity contribution < 1.29 is 5.11 Å². The first-order valence-corrected chi connectivity index (χ1v) is 5.60. The molecule has 1 aromatic heterocycles. The Bertz CT molecular complexity index is 289. The number of pyridine rings is 1. The maximum absolute atomic E-state index is 9.14. The molecule has 0 spiro atoms. The van der Waals surface area contributed by atoms with Gasteiger partial charge in [0, 0.05) is 32.1 Å². The number of likely N-dealkylation sites (tertiary alicyclic amines) is 1. The van der Waals surface area contributed by atoms with E-state index in [2.05, 4.69) is 22.0 Å². The van der Waals surface area contributed by atoms with Gasteiger partial charge in [0.25, 0.3) is 0 Å². The summed E-state index contributed by atoms with van der Waals surface area (Å²) >= 11 is 0. The fraction of sp³-hybridized carbons (Fsp3) is 0.583. The van der Waals surface area contributed by atoms with Gasteiger partial charge >= 0.3 is 0 Å². The minimum Gasteiger partial charge on any atom is -0.396 e. The van der Waals surface area contributed by atoms with E-state index in [1.54, 1.807) is 0 Å². The molecule has 82 valence electrons. The molecule has 3 heteroatoms.